The lowest BCUT2D eigenvalue weighted by Crippen LogP contribution is -1.82. The summed E-state index contributed by atoms with van der Waals surface area (Å²) in [6.07, 6.45) is 1.65. The average molecular weight is 270 g/mol. The van der Waals surface area contributed by atoms with Crippen LogP contribution in [0.3, 0.4) is 0 Å². The highest BCUT2D eigenvalue weighted by Crippen LogP contribution is 2.23. The van der Waals surface area contributed by atoms with E-state index in [9.17, 15) is 0 Å². The Hall–Kier alpha value is -0.700. The van der Waals surface area contributed by atoms with Crippen molar-refractivity contribution in [2.45, 2.75) is 10.8 Å². The molecule has 1 nitrogen and oxygen atoms in total. The number of halogens is 2. The Morgan fingerprint density at radius 3 is 2.62 bits per heavy atom. The highest BCUT2D eigenvalue weighted by molar-refractivity contribution is 7.98. The minimum absolute atomic E-state index is 0.659. The Morgan fingerprint density at radius 2 is 1.94 bits per heavy atom. The number of benzene rings is 1. The molecule has 0 unspecified atom stereocenters. The predicted molar refractivity (Wildman–Crippen MR) is 70.3 cm³/mol. The monoisotopic (exact) mass is 269 g/mol. The second-order valence-corrected chi connectivity index (χ2v) is 5.10. The first-order valence-electron chi connectivity index (χ1n) is 4.73. The normalized spacial score (nSPS) is 10.4. The van der Waals surface area contributed by atoms with E-state index in [2.05, 4.69) is 11.1 Å². The summed E-state index contributed by atoms with van der Waals surface area (Å²) >= 11 is 13.3. The molecule has 0 saturated carbocycles. The van der Waals surface area contributed by atoms with Gasteiger partial charge in [0.15, 0.2) is 0 Å². The van der Waals surface area contributed by atoms with Crippen LogP contribution in [0.2, 0.25) is 10.0 Å². The molecule has 0 amide bonds. The molecule has 0 N–H and O–H groups in total. The first kappa shape index (κ1) is 11.8. The van der Waals surface area contributed by atoms with Crippen LogP contribution < -0.4 is 0 Å². The highest BCUT2D eigenvalue weighted by Gasteiger charge is 1.98. The van der Waals surface area contributed by atoms with Crippen LogP contribution in [-0.2, 0) is 5.75 Å². The number of rotatable bonds is 3. The van der Waals surface area contributed by atoms with Crippen LogP contribution in [0.4, 0.5) is 0 Å². The molecule has 0 aliphatic heterocycles. The molecule has 0 fully saturated rings. The van der Waals surface area contributed by atoms with Gasteiger partial charge in [-0.1, -0.05) is 35.3 Å². The van der Waals surface area contributed by atoms with Crippen LogP contribution in [0.1, 0.15) is 5.56 Å². The Balaban J connectivity index is 1.99. The molecule has 1 aromatic heterocycles. The molecule has 0 aliphatic carbocycles. The molecule has 0 atom stereocenters. The maximum atomic E-state index is 5.91. The van der Waals surface area contributed by atoms with Gasteiger partial charge in [-0.2, -0.15) is 0 Å². The fourth-order valence-corrected chi connectivity index (χ4v) is 2.34. The van der Waals surface area contributed by atoms with Crippen LogP contribution in [0.5, 0.6) is 0 Å². The standard InChI is InChI=1S/C12H9Cl2NS/c13-10-3-1-2-9(6-10)8-16-12-5-4-11(14)7-15-12/h1-7H,8H2. The van der Waals surface area contributed by atoms with Crippen LogP contribution in [-0.4, -0.2) is 4.98 Å². The summed E-state index contributed by atoms with van der Waals surface area (Å²) in [5.41, 5.74) is 1.19. The summed E-state index contributed by atoms with van der Waals surface area (Å²) < 4.78 is 0. The van der Waals surface area contributed by atoms with E-state index in [0.717, 1.165) is 15.8 Å². The maximum absolute atomic E-state index is 5.91. The molecular formula is C12H9Cl2NS. The Morgan fingerprint density at radius 1 is 1.06 bits per heavy atom. The highest BCUT2D eigenvalue weighted by atomic mass is 35.5. The van der Waals surface area contributed by atoms with Gasteiger partial charge in [-0.05, 0) is 29.8 Å². The number of thioether (sulfide) groups is 1. The van der Waals surface area contributed by atoms with Gasteiger partial charge < -0.3 is 0 Å². The fraction of sp³-hybridized carbons (Fsp3) is 0.0833. The molecule has 0 bridgehead atoms. The molecule has 0 radical (unpaired) electrons. The fourth-order valence-electron chi connectivity index (χ4n) is 1.23. The average Bonchev–Trinajstić information content (AvgIpc) is 2.28. The first-order valence-corrected chi connectivity index (χ1v) is 6.47. The van der Waals surface area contributed by atoms with Gasteiger partial charge >= 0.3 is 0 Å². The van der Waals surface area contributed by atoms with E-state index < -0.39 is 0 Å². The summed E-state index contributed by atoms with van der Waals surface area (Å²) in [5, 5.41) is 2.39. The molecule has 0 spiro atoms. The van der Waals surface area contributed by atoms with Crippen LogP contribution in [0, 0.1) is 0 Å². The van der Waals surface area contributed by atoms with Crippen molar-refractivity contribution in [3.8, 4) is 0 Å². The summed E-state index contributed by atoms with van der Waals surface area (Å²) in [4.78, 5) is 4.21. The minimum Gasteiger partial charge on any atom is -0.248 e. The van der Waals surface area contributed by atoms with E-state index in [1.54, 1.807) is 18.0 Å². The largest absolute Gasteiger partial charge is 0.248 e. The smallest absolute Gasteiger partial charge is 0.0964 e. The summed E-state index contributed by atoms with van der Waals surface area (Å²) in [5.74, 6) is 0.856. The van der Waals surface area contributed by atoms with Gasteiger partial charge in [0.25, 0.3) is 0 Å². The molecule has 4 heteroatoms. The van der Waals surface area contributed by atoms with Gasteiger partial charge in [0.05, 0.1) is 10.0 Å². The van der Waals surface area contributed by atoms with Gasteiger partial charge in [0.1, 0.15) is 0 Å². The minimum atomic E-state index is 0.659. The van der Waals surface area contributed by atoms with Crippen molar-refractivity contribution in [2.24, 2.45) is 0 Å². The molecule has 2 rings (SSSR count). The van der Waals surface area contributed by atoms with Gasteiger partial charge in [0.2, 0.25) is 0 Å². The summed E-state index contributed by atoms with van der Waals surface area (Å²) in [7, 11) is 0. The lowest BCUT2D eigenvalue weighted by molar-refractivity contribution is 1.13. The SMILES string of the molecule is Clc1ccc(SCc2cccc(Cl)c2)nc1. The second-order valence-electron chi connectivity index (χ2n) is 3.23. The molecular weight excluding hydrogens is 261 g/mol. The maximum Gasteiger partial charge on any atom is 0.0964 e. The Bertz CT molecular complexity index is 471. The second kappa shape index (κ2) is 5.58. The summed E-state index contributed by atoms with van der Waals surface area (Å²) in [6, 6.07) is 11.6. The van der Waals surface area contributed by atoms with Gasteiger partial charge in [0, 0.05) is 17.0 Å². The van der Waals surface area contributed by atoms with Crippen molar-refractivity contribution >= 4 is 35.0 Å². The zero-order valence-electron chi connectivity index (χ0n) is 8.36. The Kier molecular flexibility index (Phi) is 4.10. The lowest BCUT2D eigenvalue weighted by Gasteiger charge is -2.01. The zero-order chi connectivity index (χ0) is 11.4. The van der Waals surface area contributed by atoms with Crippen molar-refractivity contribution in [3.63, 3.8) is 0 Å². The van der Waals surface area contributed by atoms with Crippen LogP contribution in [0.15, 0.2) is 47.6 Å². The molecule has 2 aromatic rings. The third-order valence-electron chi connectivity index (χ3n) is 1.98. The van der Waals surface area contributed by atoms with E-state index in [1.165, 1.54) is 5.56 Å². The number of hydrogen-bond acceptors (Lipinski definition) is 2. The quantitative estimate of drug-likeness (QED) is 0.751. The topological polar surface area (TPSA) is 12.9 Å². The number of nitrogens with zero attached hydrogens (tertiary/aromatic N) is 1. The van der Waals surface area contributed by atoms with Gasteiger partial charge in [-0.25, -0.2) is 4.98 Å². The van der Waals surface area contributed by atoms with Crippen molar-refractivity contribution in [2.75, 3.05) is 0 Å². The number of aromatic nitrogens is 1. The number of pyridine rings is 1. The molecule has 0 aliphatic rings. The number of hydrogen-bond donors (Lipinski definition) is 0. The van der Waals surface area contributed by atoms with E-state index >= 15 is 0 Å². The molecule has 16 heavy (non-hydrogen) atoms. The van der Waals surface area contributed by atoms with Crippen molar-refractivity contribution < 1.29 is 0 Å². The molecule has 82 valence electrons. The van der Waals surface area contributed by atoms with E-state index in [4.69, 9.17) is 23.2 Å². The van der Waals surface area contributed by atoms with Crippen molar-refractivity contribution in [3.05, 3.63) is 58.2 Å². The van der Waals surface area contributed by atoms with E-state index in [1.807, 2.05) is 30.3 Å². The van der Waals surface area contributed by atoms with Gasteiger partial charge in [-0.15, -0.1) is 11.8 Å². The van der Waals surface area contributed by atoms with Crippen LogP contribution >= 0.6 is 35.0 Å². The summed E-state index contributed by atoms with van der Waals surface area (Å²) in [6.45, 7) is 0. The van der Waals surface area contributed by atoms with E-state index in [0.29, 0.717) is 5.02 Å². The predicted octanol–water partition coefficient (Wildman–Crippen LogP) is 4.68. The van der Waals surface area contributed by atoms with E-state index in [-0.39, 0.29) is 0 Å². The van der Waals surface area contributed by atoms with Crippen molar-refractivity contribution in [1.82, 2.24) is 4.98 Å². The van der Waals surface area contributed by atoms with Crippen molar-refractivity contribution in [1.29, 1.82) is 0 Å². The van der Waals surface area contributed by atoms with Gasteiger partial charge in [-0.3, -0.25) is 0 Å². The Labute approximate surface area is 109 Å². The molecule has 1 heterocycles. The molecule has 0 saturated heterocycles. The lowest BCUT2D eigenvalue weighted by atomic mass is 10.2. The first-order chi connectivity index (χ1) is 7.74. The third-order valence-corrected chi connectivity index (χ3v) is 3.45. The molecule has 1 aromatic carbocycles. The third kappa shape index (κ3) is 3.41. The van der Waals surface area contributed by atoms with Crippen LogP contribution in [0.25, 0.3) is 0 Å². The zero-order valence-corrected chi connectivity index (χ0v) is 10.7.